The monoisotopic (exact) mass is 381 g/mol. The number of hydrogen-bond acceptors (Lipinski definition) is 5. The summed E-state index contributed by atoms with van der Waals surface area (Å²) in [6, 6.07) is 13.3. The lowest BCUT2D eigenvalue weighted by molar-refractivity contribution is -0.117. The topological polar surface area (TPSA) is 61.9 Å². The minimum atomic E-state index is -0.460. The van der Waals surface area contributed by atoms with Gasteiger partial charge >= 0.3 is 5.97 Å². The third-order valence-corrected chi connectivity index (χ3v) is 5.26. The molecule has 2 aromatic carbocycles. The van der Waals surface area contributed by atoms with E-state index in [0.29, 0.717) is 17.8 Å². The lowest BCUT2D eigenvalue weighted by Crippen LogP contribution is -2.49. The summed E-state index contributed by atoms with van der Waals surface area (Å²) in [6.07, 6.45) is 0. The Morgan fingerprint density at radius 1 is 1.00 bits per heavy atom. The van der Waals surface area contributed by atoms with Gasteiger partial charge in [-0.15, -0.1) is 0 Å². The number of carbonyl (C=O) groups excluding carboxylic acids is 2. The molecule has 148 valence electrons. The average Bonchev–Trinajstić information content (AvgIpc) is 2.70. The molecule has 0 radical (unpaired) electrons. The molecule has 0 bridgehead atoms. The average molecular weight is 381 g/mol. The predicted molar refractivity (Wildman–Crippen MR) is 111 cm³/mol. The third kappa shape index (κ3) is 4.51. The summed E-state index contributed by atoms with van der Waals surface area (Å²) in [5, 5.41) is 2.84. The molecule has 0 spiro atoms. The van der Waals surface area contributed by atoms with Gasteiger partial charge in [0.1, 0.15) is 0 Å². The first kappa shape index (κ1) is 19.9. The molecule has 1 fully saturated rings. The van der Waals surface area contributed by atoms with Crippen LogP contribution in [0.1, 0.15) is 21.5 Å². The fourth-order valence-electron chi connectivity index (χ4n) is 3.50. The zero-order valence-corrected chi connectivity index (χ0v) is 16.7. The Morgan fingerprint density at radius 3 is 2.43 bits per heavy atom. The Balaban J connectivity index is 1.56. The predicted octanol–water partition coefficient (Wildman–Crippen LogP) is 2.85. The summed E-state index contributed by atoms with van der Waals surface area (Å²) in [5.41, 5.74) is 4.72. The lowest BCUT2D eigenvalue weighted by Gasteiger charge is -2.36. The number of ether oxygens (including phenoxy) is 1. The third-order valence-electron chi connectivity index (χ3n) is 5.26. The van der Waals surface area contributed by atoms with Gasteiger partial charge < -0.3 is 15.0 Å². The number of rotatable bonds is 5. The number of nitrogens with one attached hydrogen (secondary N) is 1. The van der Waals surface area contributed by atoms with Crippen molar-refractivity contribution in [3.05, 3.63) is 59.2 Å². The van der Waals surface area contributed by atoms with Crippen molar-refractivity contribution in [1.29, 1.82) is 0 Å². The highest BCUT2D eigenvalue weighted by Crippen LogP contribution is 2.24. The van der Waals surface area contributed by atoms with Crippen LogP contribution in [0.5, 0.6) is 0 Å². The van der Waals surface area contributed by atoms with Crippen LogP contribution in [0.25, 0.3) is 0 Å². The molecule has 1 amide bonds. The first-order valence-electron chi connectivity index (χ1n) is 9.50. The number of carbonyl (C=O) groups is 2. The molecule has 0 saturated carbocycles. The smallest absolute Gasteiger partial charge is 0.339 e. The first-order valence-corrected chi connectivity index (χ1v) is 9.50. The molecule has 1 aliphatic rings. The van der Waals surface area contributed by atoms with Crippen LogP contribution in [0.15, 0.2) is 42.5 Å². The number of hydrogen-bond donors (Lipinski definition) is 1. The number of piperazine rings is 1. The Hall–Kier alpha value is -2.86. The molecule has 1 heterocycles. The van der Waals surface area contributed by atoms with Gasteiger partial charge in [0.2, 0.25) is 5.91 Å². The van der Waals surface area contributed by atoms with E-state index in [9.17, 15) is 9.59 Å². The largest absolute Gasteiger partial charge is 0.465 e. The van der Waals surface area contributed by atoms with Crippen molar-refractivity contribution in [3.63, 3.8) is 0 Å². The van der Waals surface area contributed by atoms with E-state index < -0.39 is 5.97 Å². The lowest BCUT2D eigenvalue weighted by atomic mass is 10.1. The highest BCUT2D eigenvalue weighted by atomic mass is 16.5. The van der Waals surface area contributed by atoms with Crippen LogP contribution in [0.4, 0.5) is 11.4 Å². The Bertz CT molecular complexity index is 858. The van der Waals surface area contributed by atoms with Gasteiger partial charge in [0, 0.05) is 31.9 Å². The molecule has 28 heavy (non-hydrogen) atoms. The molecule has 0 atom stereocenters. The summed E-state index contributed by atoms with van der Waals surface area (Å²) in [5.74, 6) is -0.588. The first-order chi connectivity index (χ1) is 13.5. The van der Waals surface area contributed by atoms with Crippen molar-refractivity contribution >= 4 is 23.3 Å². The van der Waals surface area contributed by atoms with Gasteiger partial charge in [0.25, 0.3) is 0 Å². The van der Waals surface area contributed by atoms with E-state index in [1.54, 1.807) is 24.3 Å². The van der Waals surface area contributed by atoms with E-state index in [1.165, 1.54) is 23.9 Å². The number of amides is 1. The summed E-state index contributed by atoms with van der Waals surface area (Å²) >= 11 is 0. The maximum absolute atomic E-state index is 12.5. The van der Waals surface area contributed by atoms with E-state index in [-0.39, 0.29) is 5.91 Å². The molecule has 0 aliphatic carbocycles. The molecule has 1 saturated heterocycles. The van der Waals surface area contributed by atoms with Crippen molar-refractivity contribution < 1.29 is 14.3 Å². The number of esters is 1. The number of aryl methyl sites for hydroxylation is 1. The number of para-hydroxylation sites is 1. The molecule has 6 nitrogen and oxygen atoms in total. The molecule has 0 aromatic heterocycles. The zero-order valence-electron chi connectivity index (χ0n) is 16.7. The number of methoxy groups -OCH3 is 1. The summed E-state index contributed by atoms with van der Waals surface area (Å²) < 4.78 is 4.77. The van der Waals surface area contributed by atoms with Crippen LogP contribution in [-0.4, -0.2) is 56.6 Å². The second-order valence-electron chi connectivity index (χ2n) is 7.07. The fourth-order valence-corrected chi connectivity index (χ4v) is 3.50. The molecule has 2 aromatic rings. The number of nitrogens with zero attached hydrogens (tertiary/aromatic N) is 2. The SMILES string of the molecule is COC(=O)c1ccccc1NC(=O)CN1CCN(c2cccc(C)c2C)CC1. The van der Waals surface area contributed by atoms with E-state index in [1.807, 2.05) is 0 Å². The van der Waals surface area contributed by atoms with Gasteiger partial charge in [-0.2, -0.15) is 0 Å². The van der Waals surface area contributed by atoms with Gasteiger partial charge in [0.05, 0.1) is 24.9 Å². The summed E-state index contributed by atoms with van der Waals surface area (Å²) in [7, 11) is 1.33. The van der Waals surface area contributed by atoms with Crippen molar-refractivity contribution in [3.8, 4) is 0 Å². The van der Waals surface area contributed by atoms with Crippen molar-refractivity contribution in [2.75, 3.05) is 50.1 Å². The van der Waals surface area contributed by atoms with Gasteiger partial charge in [-0.25, -0.2) is 4.79 Å². The maximum Gasteiger partial charge on any atom is 0.339 e. The molecule has 6 heteroatoms. The van der Waals surface area contributed by atoms with Crippen molar-refractivity contribution in [2.24, 2.45) is 0 Å². The standard InChI is InChI=1S/C22H27N3O3/c1-16-7-6-10-20(17(16)2)25-13-11-24(12-14-25)15-21(26)23-19-9-5-4-8-18(19)22(27)28-3/h4-10H,11-15H2,1-3H3,(H,23,26). The van der Waals surface area contributed by atoms with Gasteiger partial charge in [-0.1, -0.05) is 24.3 Å². The van der Waals surface area contributed by atoms with Crippen LogP contribution in [0.2, 0.25) is 0 Å². The van der Waals surface area contributed by atoms with Crippen LogP contribution in [-0.2, 0) is 9.53 Å². The summed E-state index contributed by atoms with van der Waals surface area (Å²) in [6.45, 7) is 8.00. The fraction of sp³-hybridized carbons (Fsp3) is 0.364. The molecular formula is C22H27N3O3. The van der Waals surface area contributed by atoms with Crippen LogP contribution in [0, 0.1) is 13.8 Å². The van der Waals surface area contributed by atoms with Gasteiger partial charge in [-0.05, 0) is 43.2 Å². The van der Waals surface area contributed by atoms with E-state index in [2.05, 4.69) is 47.2 Å². The van der Waals surface area contributed by atoms with Gasteiger partial charge in [0.15, 0.2) is 0 Å². The van der Waals surface area contributed by atoms with Crippen molar-refractivity contribution in [2.45, 2.75) is 13.8 Å². The molecule has 3 rings (SSSR count). The molecule has 1 aliphatic heterocycles. The second-order valence-corrected chi connectivity index (χ2v) is 7.07. The molecule has 0 unspecified atom stereocenters. The minimum absolute atomic E-state index is 0.128. The Morgan fingerprint density at radius 2 is 1.71 bits per heavy atom. The van der Waals surface area contributed by atoms with E-state index >= 15 is 0 Å². The molecular weight excluding hydrogens is 354 g/mol. The quantitative estimate of drug-likeness (QED) is 0.807. The van der Waals surface area contributed by atoms with Crippen molar-refractivity contribution in [1.82, 2.24) is 4.90 Å². The highest BCUT2D eigenvalue weighted by Gasteiger charge is 2.21. The van der Waals surface area contributed by atoms with E-state index in [4.69, 9.17) is 4.74 Å². The Labute approximate surface area is 166 Å². The van der Waals surface area contributed by atoms with Crippen LogP contribution < -0.4 is 10.2 Å². The maximum atomic E-state index is 12.5. The highest BCUT2D eigenvalue weighted by molar-refractivity contribution is 6.01. The minimum Gasteiger partial charge on any atom is -0.465 e. The summed E-state index contributed by atoms with van der Waals surface area (Å²) in [4.78, 5) is 28.8. The van der Waals surface area contributed by atoms with Crippen LogP contribution >= 0.6 is 0 Å². The van der Waals surface area contributed by atoms with Crippen LogP contribution in [0.3, 0.4) is 0 Å². The van der Waals surface area contributed by atoms with Gasteiger partial charge in [-0.3, -0.25) is 9.69 Å². The Kier molecular flexibility index (Phi) is 6.31. The van der Waals surface area contributed by atoms with E-state index in [0.717, 1.165) is 26.2 Å². The number of anilines is 2. The number of benzene rings is 2. The zero-order chi connectivity index (χ0) is 20.1. The normalized spacial score (nSPS) is 14.6. The second kappa shape index (κ2) is 8.89. The molecule has 1 N–H and O–H groups in total.